The molecule has 2 heterocycles. The van der Waals surface area contributed by atoms with Crippen molar-refractivity contribution in [3.05, 3.63) is 93.5 Å². The summed E-state index contributed by atoms with van der Waals surface area (Å²) in [5.74, 6) is -0.0350. The van der Waals surface area contributed by atoms with E-state index in [9.17, 15) is 4.79 Å². The molecule has 0 fully saturated rings. The number of para-hydroxylation sites is 2. The number of carboxylic acids is 1. The van der Waals surface area contributed by atoms with Gasteiger partial charge in [-0.3, -0.25) is 4.79 Å². The van der Waals surface area contributed by atoms with Gasteiger partial charge in [-0.1, -0.05) is 65.9 Å². The SMILES string of the molecule is C[n+]1c(/C=C2/C=C3C=C(/C=C4\Sc5ccccc5N4CCCCCC(=O)O)CCC3CC2)sc2ccccc21. The number of anilines is 1. The van der Waals surface area contributed by atoms with Gasteiger partial charge in [0.05, 0.1) is 10.7 Å². The summed E-state index contributed by atoms with van der Waals surface area (Å²) >= 11 is 3.73. The number of unbranched alkanes of at least 4 members (excludes halogenated alkanes) is 2. The van der Waals surface area contributed by atoms with E-state index in [1.54, 1.807) is 0 Å². The Morgan fingerprint density at radius 1 is 1.03 bits per heavy atom. The summed E-state index contributed by atoms with van der Waals surface area (Å²) < 4.78 is 3.65. The van der Waals surface area contributed by atoms with Crippen LogP contribution in [0, 0.1) is 5.92 Å². The van der Waals surface area contributed by atoms with Crippen LogP contribution in [0.5, 0.6) is 0 Å². The van der Waals surface area contributed by atoms with Crippen molar-refractivity contribution >= 4 is 51.0 Å². The lowest BCUT2D eigenvalue weighted by Gasteiger charge is -2.28. The van der Waals surface area contributed by atoms with Crippen molar-refractivity contribution in [3.63, 3.8) is 0 Å². The highest BCUT2D eigenvalue weighted by molar-refractivity contribution is 8.03. The van der Waals surface area contributed by atoms with Crippen LogP contribution in [0.15, 0.2) is 93.4 Å². The lowest BCUT2D eigenvalue weighted by Crippen LogP contribution is -2.29. The van der Waals surface area contributed by atoms with Gasteiger partial charge in [0.2, 0.25) is 5.52 Å². The maximum Gasteiger partial charge on any atom is 0.303 e. The molecule has 0 radical (unpaired) electrons. The zero-order valence-electron chi connectivity index (χ0n) is 22.4. The number of benzene rings is 2. The molecule has 1 aromatic heterocycles. The van der Waals surface area contributed by atoms with Gasteiger partial charge in [0.1, 0.15) is 11.7 Å². The molecule has 0 amide bonds. The third-order valence-electron chi connectivity index (χ3n) is 8.04. The standard InChI is InChI=1S/C33H34N2O2S2/c1-34-27-9-4-6-11-29(27)38-31(34)21-23-14-16-25-17-15-24(20-26(25)19-23)22-32-35(18-8-2-3-13-33(36)37)28-10-5-7-12-30(28)39-32/h4-7,9-12,19-22,25H,2-3,8,13-18H2,1H3/p+1. The number of carbonyl (C=O) groups is 1. The molecule has 2 aromatic carbocycles. The predicted octanol–water partition coefficient (Wildman–Crippen LogP) is 8.26. The van der Waals surface area contributed by atoms with Crippen molar-refractivity contribution in [2.45, 2.75) is 56.3 Å². The van der Waals surface area contributed by atoms with Crippen molar-refractivity contribution in [2.24, 2.45) is 13.0 Å². The largest absolute Gasteiger partial charge is 0.481 e. The molecule has 1 N–H and O–H groups in total. The fourth-order valence-electron chi connectivity index (χ4n) is 5.91. The first kappa shape index (κ1) is 26.1. The monoisotopic (exact) mass is 555 g/mol. The smallest absolute Gasteiger partial charge is 0.303 e. The lowest BCUT2D eigenvalue weighted by molar-refractivity contribution is -0.642. The Balaban J connectivity index is 1.23. The second-order valence-corrected chi connectivity index (χ2v) is 12.9. The van der Waals surface area contributed by atoms with E-state index in [1.165, 1.54) is 60.4 Å². The summed E-state index contributed by atoms with van der Waals surface area (Å²) in [6.45, 7) is 0.924. The van der Waals surface area contributed by atoms with Gasteiger partial charge in [0.15, 0.2) is 0 Å². The van der Waals surface area contributed by atoms with Crippen LogP contribution in [0.25, 0.3) is 16.3 Å². The normalized spacial score (nSPS) is 20.7. The summed E-state index contributed by atoms with van der Waals surface area (Å²) in [5, 5.41) is 11.6. The van der Waals surface area contributed by atoms with Gasteiger partial charge >= 0.3 is 5.97 Å². The second-order valence-electron chi connectivity index (χ2n) is 10.7. The predicted molar refractivity (Wildman–Crippen MR) is 163 cm³/mol. The number of allylic oxidation sites excluding steroid dienone is 6. The van der Waals surface area contributed by atoms with E-state index in [0.717, 1.165) is 38.6 Å². The van der Waals surface area contributed by atoms with Gasteiger partial charge in [-0.25, -0.2) is 0 Å². The summed E-state index contributed by atoms with van der Waals surface area (Å²) in [6, 6.07) is 17.3. The minimum atomic E-state index is -0.701. The zero-order chi connectivity index (χ0) is 26.8. The Morgan fingerprint density at radius 2 is 1.85 bits per heavy atom. The van der Waals surface area contributed by atoms with E-state index in [1.807, 2.05) is 23.1 Å². The van der Waals surface area contributed by atoms with E-state index >= 15 is 0 Å². The van der Waals surface area contributed by atoms with Crippen LogP contribution in [0.2, 0.25) is 0 Å². The highest BCUT2D eigenvalue weighted by Gasteiger charge is 2.27. The first-order valence-corrected chi connectivity index (χ1v) is 15.7. The Bertz CT molecular complexity index is 1530. The number of hydrogen-bond acceptors (Lipinski definition) is 4. The molecule has 6 rings (SSSR count). The zero-order valence-corrected chi connectivity index (χ0v) is 24.1. The number of rotatable bonds is 8. The number of hydrogen-bond donors (Lipinski definition) is 1. The molecule has 0 saturated heterocycles. The number of fused-ring (bicyclic) bond motifs is 3. The fourth-order valence-corrected chi connectivity index (χ4v) is 8.21. The Morgan fingerprint density at radius 3 is 2.72 bits per heavy atom. The fraction of sp³-hybridized carbons (Fsp3) is 0.333. The third kappa shape index (κ3) is 5.78. The van der Waals surface area contributed by atoms with E-state index in [4.69, 9.17) is 5.11 Å². The van der Waals surface area contributed by atoms with Crippen LogP contribution in [0.4, 0.5) is 5.69 Å². The minimum absolute atomic E-state index is 0.259. The topological polar surface area (TPSA) is 44.4 Å². The molecule has 39 heavy (non-hydrogen) atoms. The summed E-state index contributed by atoms with van der Waals surface area (Å²) in [4.78, 5) is 14.6. The molecular weight excluding hydrogens is 521 g/mol. The number of carboxylic acid groups (broad SMARTS) is 1. The first-order chi connectivity index (χ1) is 19.0. The Labute approximate surface area is 239 Å². The quantitative estimate of drug-likeness (QED) is 0.224. The van der Waals surface area contributed by atoms with Gasteiger partial charge in [-0.2, -0.15) is 4.57 Å². The summed E-state index contributed by atoms with van der Waals surface area (Å²) in [5.41, 5.74) is 6.90. The molecule has 0 saturated carbocycles. The average Bonchev–Trinajstić information content (AvgIpc) is 3.44. The summed E-state index contributed by atoms with van der Waals surface area (Å²) in [6.07, 6.45) is 17.4. The molecule has 2 aliphatic carbocycles. The molecule has 6 heteroatoms. The van der Waals surface area contributed by atoms with E-state index < -0.39 is 5.97 Å². The van der Waals surface area contributed by atoms with Crippen molar-refractivity contribution in [2.75, 3.05) is 11.4 Å². The lowest BCUT2D eigenvalue weighted by atomic mass is 9.77. The highest BCUT2D eigenvalue weighted by Crippen LogP contribution is 2.47. The van der Waals surface area contributed by atoms with Crippen LogP contribution in [-0.2, 0) is 11.8 Å². The molecule has 4 nitrogen and oxygen atoms in total. The number of thioether (sulfide) groups is 1. The van der Waals surface area contributed by atoms with Crippen LogP contribution < -0.4 is 9.47 Å². The van der Waals surface area contributed by atoms with Crippen molar-refractivity contribution in [1.29, 1.82) is 0 Å². The van der Waals surface area contributed by atoms with Crippen LogP contribution in [0.3, 0.4) is 0 Å². The van der Waals surface area contributed by atoms with Crippen LogP contribution in [-0.4, -0.2) is 17.6 Å². The third-order valence-corrected chi connectivity index (χ3v) is 10.3. The molecule has 1 unspecified atom stereocenters. The number of thiazole rings is 1. The molecule has 0 bridgehead atoms. The molecule has 200 valence electrons. The minimum Gasteiger partial charge on any atom is -0.481 e. The van der Waals surface area contributed by atoms with E-state index in [0.29, 0.717) is 5.92 Å². The van der Waals surface area contributed by atoms with Gasteiger partial charge in [-0.05, 0) is 85.4 Å². The number of aliphatic carboxylic acids is 1. The van der Waals surface area contributed by atoms with E-state index in [-0.39, 0.29) is 6.42 Å². The van der Waals surface area contributed by atoms with Crippen LogP contribution in [0.1, 0.15) is 56.4 Å². The molecule has 3 aliphatic rings. The molecular formula is C33H35N2O2S2+. The molecule has 1 atom stereocenters. The molecule has 0 spiro atoms. The Hall–Kier alpha value is -3.09. The van der Waals surface area contributed by atoms with Crippen molar-refractivity contribution in [1.82, 2.24) is 0 Å². The second kappa shape index (κ2) is 11.6. The van der Waals surface area contributed by atoms with Gasteiger partial charge in [-0.15, -0.1) is 0 Å². The highest BCUT2D eigenvalue weighted by atomic mass is 32.2. The Kier molecular flexibility index (Phi) is 7.76. The van der Waals surface area contributed by atoms with E-state index in [2.05, 4.69) is 89.3 Å². The molecule has 3 aromatic rings. The first-order valence-electron chi connectivity index (χ1n) is 14.0. The maximum absolute atomic E-state index is 10.9. The van der Waals surface area contributed by atoms with Gasteiger partial charge in [0, 0.05) is 30.0 Å². The number of aromatic nitrogens is 1. The maximum atomic E-state index is 10.9. The van der Waals surface area contributed by atoms with Gasteiger partial charge in [0.25, 0.3) is 5.01 Å². The van der Waals surface area contributed by atoms with Gasteiger partial charge < -0.3 is 10.0 Å². The van der Waals surface area contributed by atoms with Crippen LogP contribution >= 0.6 is 23.1 Å². The average molecular weight is 556 g/mol. The number of nitrogens with zero attached hydrogens (tertiary/aromatic N) is 2. The molecule has 1 aliphatic heterocycles. The number of aryl methyl sites for hydroxylation is 1. The summed E-state index contributed by atoms with van der Waals surface area (Å²) in [7, 11) is 2.17. The van der Waals surface area contributed by atoms with Crippen molar-refractivity contribution < 1.29 is 14.5 Å². The van der Waals surface area contributed by atoms with Crippen molar-refractivity contribution in [3.8, 4) is 0 Å².